The zero-order valence-corrected chi connectivity index (χ0v) is 13.8. The van der Waals surface area contributed by atoms with Crippen LogP contribution in [0.2, 0.25) is 0 Å². The highest BCUT2D eigenvalue weighted by Gasteiger charge is 2.36. The van der Waals surface area contributed by atoms with Crippen LogP contribution in [-0.2, 0) is 10.0 Å². The third-order valence-electron chi connectivity index (χ3n) is 4.26. The molecule has 0 saturated carbocycles. The van der Waals surface area contributed by atoms with Gasteiger partial charge in [0.05, 0.1) is 10.9 Å². The minimum absolute atomic E-state index is 0.0498. The fourth-order valence-electron chi connectivity index (χ4n) is 3.08. The molecule has 116 valence electrons. The van der Waals surface area contributed by atoms with Crippen LogP contribution in [0.5, 0.6) is 0 Å². The van der Waals surface area contributed by atoms with E-state index < -0.39 is 10.0 Å². The van der Waals surface area contributed by atoms with E-state index in [2.05, 4.69) is 6.07 Å². The summed E-state index contributed by atoms with van der Waals surface area (Å²) < 4.78 is 27.5. The first-order valence-corrected chi connectivity index (χ1v) is 9.07. The van der Waals surface area contributed by atoms with Crippen molar-refractivity contribution in [2.45, 2.75) is 37.6 Å². The Morgan fingerprint density at radius 3 is 2.41 bits per heavy atom. The second-order valence-corrected chi connectivity index (χ2v) is 7.89. The van der Waals surface area contributed by atoms with Gasteiger partial charge in [0, 0.05) is 6.54 Å². The van der Waals surface area contributed by atoms with Crippen LogP contribution >= 0.6 is 0 Å². The van der Waals surface area contributed by atoms with E-state index in [0.29, 0.717) is 11.4 Å². The van der Waals surface area contributed by atoms with Gasteiger partial charge in [0.15, 0.2) is 0 Å². The van der Waals surface area contributed by atoms with Crippen LogP contribution in [0.15, 0.2) is 53.4 Å². The number of hydrogen-bond donors (Lipinski definition) is 0. The van der Waals surface area contributed by atoms with Crippen LogP contribution in [-0.4, -0.2) is 19.3 Å². The number of rotatable bonds is 3. The van der Waals surface area contributed by atoms with Crippen molar-refractivity contribution in [3.8, 4) is 0 Å². The predicted molar refractivity (Wildman–Crippen MR) is 88.2 cm³/mol. The average Bonchev–Trinajstić information content (AvgIpc) is 2.98. The quantitative estimate of drug-likeness (QED) is 0.863. The summed E-state index contributed by atoms with van der Waals surface area (Å²) >= 11 is 0. The SMILES string of the molecule is Cc1ccc(S(=O)(=O)N2CCCC2c2cccc(C)c2)cc1. The summed E-state index contributed by atoms with van der Waals surface area (Å²) in [5, 5.41) is 0. The minimum atomic E-state index is -3.43. The van der Waals surface area contributed by atoms with Crippen molar-refractivity contribution >= 4 is 10.0 Å². The molecule has 1 atom stereocenters. The first-order chi connectivity index (χ1) is 10.5. The van der Waals surface area contributed by atoms with E-state index in [4.69, 9.17) is 0 Å². The molecule has 2 aromatic carbocycles. The smallest absolute Gasteiger partial charge is 0.207 e. The monoisotopic (exact) mass is 315 g/mol. The topological polar surface area (TPSA) is 37.4 Å². The van der Waals surface area contributed by atoms with Gasteiger partial charge in [-0.15, -0.1) is 0 Å². The normalized spacial score (nSPS) is 19.5. The van der Waals surface area contributed by atoms with Crippen molar-refractivity contribution in [2.24, 2.45) is 0 Å². The number of sulfonamides is 1. The highest BCUT2D eigenvalue weighted by molar-refractivity contribution is 7.89. The Balaban J connectivity index is 1.97. The number of benzene rings is 2. The van der Waals surface area contributed by atoms with Crippen LogP contribution in [0, 0.1) is 13.8 Å². The van der Waals surface area contributed by atoms with E-state index in [0.717, 1.165) is 29.5 Å². The van der Waals surface area contributed by atoms with E-state index >= 15 is 0 Å². The molecule has 3 rings (SSSR count). The Hall–Kier alpha value is -1.65. The van der Waals surface area contributed by atoms with Crippen molar-refractivity contribution in [1.29, 1.82) is 0 Å². The Morgan fingerprint density at radius 2 is 1.73 bits per heavy atom. The summed E-state index contributed by atoms with van der Waals surface area (Å²) in [4.78, 5) is 0.387. The van der Waals surface area contributed by atoms with Gasteiger partial charge in [0.2, 0.25) is 10.0 Å². The maximum Gasteiger partial charge on any atom is 0.243 e. The highest BCUT2D eigenvalue weighted by atomic mass is 32.2. The van der Waals surface area contributed by atoms with Crippen LogP contribution in [0.3, 0.4) is 0 Å². The van der Waals surface area contributed by atoms with Gasteiger partial charge in [-0.1, -0.05) is 47.5 Å². The van der Waals surface area contributed by atoms with Crippen molar-refractivity contribution < 1.29 is 8.42 Å². The lowest BCUT2D eigenvalue weighted by atomic mass is 10.0. The van der Waals surface area contributed by atoms with Crippen molar-refractivity contribution in [1.82, 2.24) is 4.31 Å². The molecule has 1 aliphatic heterocycles. The molecule has 0 aromatic heterocycles. The van der Waals surface area contributed by atoms with Gasteiger partial charge < -0.3 is 0 Å². The van der Waals surface area contributed by atoms with Gasteiger partial charge in [0.1, 0.15) is 0 Å². The van der Waals surface area contributed by atoms with E-state index in [9.17, 15) is 8.42 Å². The second-order valence-electron chi connectivity index (χ2n) is 6.00. The number of aryl methyl sites for hydroxylation is 2. The van der Waals surface area contributed by atoms with Crippen LogP contribution in [0.4, 0.5) is 0 Å². The van der Waals surface area contributed by atoms with Gasteiger partial charge in [-0.05, 0) is 44.4 Å². The Kier molecular flexibility index (Phi) is 4.06. The maximum absolute atomic E-state index is 12.9. The van der Waals surface area contributed by atoms with E-state index in [1.807, 2.05) is 44.2 Å². The molecular weight excluding hydrogens is 294 g/mol. The molecule has 1 heterocycles. The largest absolute Gasteiger partial charge is 0.243 e. The minimum Gasteiger partial charge on any atom is -0.207 e. The maximum atomic E-state index is 12.9. The summed E-state index contributed by atoms with van der Waals surface area (Å²) in [6, 6.07) is 15.2. The summed E-state index contributed by atoms with van der Waals surface area (Å²) in [6.07, 6.45) is 1.79. The molecule has 1 saturated heterocycles. The van der Waals surface area contributed by atoms with Crippen LogP contribution in [0.1, 0.15) is 35.6 Å². The molecule has 0 N–H and O–H groups in total. The van der Waals surface area contributed by atoms with Crippen molar-refractivity contribution in [3.05, 3.63) is 65.2 Å². The molecule has 3 nitrogen and oxygen atoms in total. The van der Waals surface area contributed by atoms with Crippen molar-refractivity contribution in [2.75, 3.05) is 6.54 Å². The molecule has 4 heteroatoms. The fourth-order valence-corrected chi connectivity index (χ4v) is 4.77. The van der Waals surface area contributed by atoms with Crippen LogP contribution < -0.4 is 0 Å². The molecule has 2 aromatic rings. The molecule has 0 spiro atoms. The van der Waals surface area contributed by atoms with Gasteiger partial charge in [-0.2, -0.15) is 4.31 Å². The third kappa shape index (κ3) is 2.81. The lowest BCUT2D eigenvalue weighted by molar-refractivity contribution is 0.396. The van der Waals surface area contributed by atoms with E-state index in [-0.39, 0.29) is 6.04 Å². The lowest BCUT2D eigenvalue weighted by Gasteiger charge is -2.24. The highest BCUT2D eigenvalue weighted by Crippen LogP contribution is 2.36. The first kappa shape index (κ1) is 15.3. The number of hydrogen-bond acceptors (Lipinski definition) is 2. The molecular formula is C18H21NO2S. The molecule has 22 heavy (non-hydrogen) atoms. The lowest BCUT2D eigenvalue weighted by Crippen LogP contribution is -2.30. The first-order valence-electron chi connectivity index (χ1n) is 7.63. The Bertz CT molecular complexity index is 766. The molecule has 0 amide bonds. The molecule has 1 aliphatic rings. The summed E-state index contributed by atoms with van der Waals surface area (Å²) in [5.74, 6) is 0. The molecule has 0 bridgehead atoms. The van der Waals surface area contributed by atoms with Gasteiger partial charge in [-0.3, -0.25) is 0 Å². The Labute approximate surface area is 132 Å². The third-order valence-corrected chi connectivity index (χ3v) is 6.18. The van der Waals surface area contributed by atoms with E-state index in [1.165, 1.54) is 0 Å². The van der Waals surface area contributed by atoms with Gasteiger partial charge >= 0.3 is 0 Å². The number of nitrogens with zero attached hydrogens (tertiary/aromatic N) is 1. The summed E-state index contributed by atoms with van der Waals surface area (Å²) in [5.41, 5.74) is 3.32. The molecule has 1 unspecified atom stereocenters. The van der Waals surface area contributed by atoms with Crippen LogP contribution in [0.25, 0.3) is 0 Å². The fraction of sp³-hybridized carbons (Fsp3) is 0.333. The second kappa shape index (κ2) is 5.86. The molecule has 0 radical (unpaired) electrons. The summed E-state index contributed by atoms with van der Waals surface area (Å²) in [7, 11) is -3.43. The van der Waals surface area contributed by atoms with E-state index in [1.54, 1.807) is 16.4 Å². The zero-order valence-electron chi connectivity index (χ0n) is 13.0. The Morgan fingerprint density at radius 1 is 1.00 bits per heavy atom. The predicted octanol–water partition coefficient (Wildman–Crippen LogP) is 3.83. The van der Waals surface area contributed by atoms with Gasteiger partial charge in [0.25, 0.3) is 0 Å². The average molecular weight is 315 g/mol. The van der Waals surface area contributed by atoms with Crippen molar-refractivity contribution in [3.63, 3.8) is 0 Å². The van der Waals surface area contributed by atoms with Gasteiger partial charge in [-0.25, -0.2) is 8.42 Å². The summed E-state index contributed by atoms with van der Waals surface area (Å²) in [6.45, 7) is 4.59. The molecule has 1 fully saturated rings. The molecule has 0 aliphatic carbocycles. The standard InChI is InChI=1S/C18H21NO2S/c1-14-8-10-17(11-9-14)22(20,21)19-12-4-7-18(19)16-6-3-5-15(2)13-16/h3,5-6,8-11,13,18H,4,7,12H2,1-2H3. The zero-order chi connectivity index (χ0) is 15.7.